The minimum atomic E-state index is -1.61. The van der Waals surface area contributed by atoms with E-state index in [2.05, 4.69) is 13.8 Å². The van der Waals surface area contributed by atoms with Crippen LogP contribution in [0.25, 0.3) is 0 Å². The summed E-state index contributed by atoms with van der Waals surface area (Å²) in [6.07, 6.45) is 69.1. The standard InChI is InChI=1S/C69H135NO8/c1-6-8-10-12-14-16-18-20-22-24-26-27-28-29-30-31-32-33-34-35-36-37-38-39-40-42-44-46-48-50-52-54-56-58-60-67(72)78-65(64-77-69(68(73)74)75-62-61-70(3,4)5)63-76-66(71)59-57-55-53-51-49-47-45-43-41-25-23-21-19-17-15-13-11-9-7-2/h65,69H,6-64H2,1-5H3. The van der Waals surface area contributed by atoms with E-state index in [1.54, 1.807) is 0 Å². The van der Waals surface area contributed by atoms with Crippen LogP contribution in [0.1, 0.15) is 367 Å². The molecule has 464 valence electrons. The highest BCUT2D eigenvalue weighted by atomic mass is 16.7. The van der Waals surface area contributed by atoms with Crippen molar-refractivity contribution in [3.8, 4) is 0 Å². The zero-order chi connectivity index (χ0) is 56.9. The number of hydrogen-bond donors (Lipinski definition) is 0. The van der Waals surface area contributed by atoms with Gasteiger partial charge in [-0.1, -0.05) is 341 Å². The van der Waals surface area contributed by atoms with E-state index in [9.17, 15) is 19.5 Å². The molecule has 0 N–H and O–H groups in total. The Kier molecular flexibility index (Phi) is 60.0. The molecule has 0 aromatic rings. The van der Waals surface area contributed by atoms with Crippen molar-refractivity contribution in [2.24, 2.45) is 0 Å². The summed E-state index contributed by atoms with van der Waals surface area (Å²) in [6, 6.07) is 0. The minimum Gasteiger partial charge on any atom is -0.545 e. The van der Waals surface area contributed by atoms with Crippen molar-refractivity contribution in [3.05, 3.63) is 0 Å². The monoisotopic (exact) mass is 1110 g/mol. The van der Waals surface area contributed by atoms with Gasteiger partial charge in [0.1, 0.15) is 13.2 Å². The van der Waals surface area contributed by atoms with Crippen LogP contribution in [0.5, 0.6) is 0 Å². The number of ether oxygens (including phenoxy) is 4. The molecule has 0 heterocycles. The lowest BCUT2D eigenvalue weighted by atomic mass is 10.0. The molecule has 0 aromatic heterocycles. The number of aliphatic carboxylic acids is 1. The van der Waals surface area contributed by atoms with Crippen LogP contribution in [0.4, 0.5) is 0 Å². The fraction of sp³-hybridized carbons (Fsp3) is 0.957. The summed E-state index contributed by atoms with van der Waals surface area (Å²) in [7, 11) is 5.95. The van der Waals surface area contributed by atoms with Crippen LogP contribution in [0, 0.1) is 0 Å². The van der Waals surface area contributed by atoms with Gasteiger partial charge in [0.05, 0.1) is 40.3 Å². The molecule has 0 radical (unpaired) electrons. The highest BCUT2D eigenvalue weighted by Crippen LogP contribution is 2.19. The Morgan fingerprint density at radius 2 is 0.577 bits per heavy atom. The fourth-order valence-electron chi connectivity index (χ4n) is 10.8. The lowest BCUT2D eigenvalue weighted by Crippen LogP contribution is -2.44. The number of carboxylic acids is 1. The molecule has 0 aromatic carbocycles. The number of carbonyl (C=O) groups is 3. The van der Waals surface area contributed by atoms with Crippen molar-refractivity contribution in [2.45, 2.75) is 379 Å². The molecule has 0 saturated carbocycles. The Bertz CT molecular complexity index is 1240. The van der Waals surface area contributed by atoms with Crippen molar-refractivity contribution in [2.75, 3.05) is 47.5 Å². The van der Waals surface area contributed by atoms with Gasteiger partial charge < -0.3 is 33.3 Å². The number of hydrogen-bond acceptors (Lipinski definition) is 8. The largest absolute Gasteiger partial charge is 0.545 e. The van der Waals surface area contributed by atoms with Crippen molar-refractivity contribution in [1.29, 1.82) is 0 Å². The van der Waals surface area contributed by atoms with E-state index in [1.807, 2.05) is 21.1 Å². The number of esters is 2. The first-order chi connectivity index (χ1) is 38.1. The Hall–Kier alpha value is -1.71. The van der Waals surface area contributed by atoms with E-state index in [4.69, 9.17) is 18.9 Å². The van der Waals surface area contributed by atoms with Crippen LogP contribution in [0.3, 0.4) is 0 Å². The van der Waals surface area contributed by atoms with Gasteiger partial charge in [0, 0.05) is 12.8 Å². The lowest BCUT2D eigenvalue weighted by Gasteiger charge is -2.26. The molecule has 2 unspecified atom stereocenters. The highest BCUT2D eigenvalue weighted by Gasteiger charge is 2.22. The Labute approximate surface area is 485 Å². The maximum atomic E-state index is 12.9. The molecule has 0 rings (SSSR count). The summed E-state index contributed by atoms with van der Waals surface area (Å²) in [5, 5.41) is 11.8. The lowest BCUT2D eigenvalue weighted by molar-refractivity contribution is -0.870. The topological polar surface area (TPSA) is 111 Å². The average Bonchev–Trinajstić information content (AvgIpc) is 3.41. The van der Waals surface area contributed by atoms with Gasteiger partial charge in [0.2, 0.25) is 0 Å². The Balaban J connectivity index is 3.99. The van der Waals surface area contributed by atoms with E-state index in [0.29, 0.717) is 17.4 Å². The number of carbonyl (C=O) groups excluding carboxylic acids is 3. The number of carboxylic acid groups (broad SMARTS) is 1. The number of quaternary nitrogens is 1. The van der Waals surface area contributed by atoms with E-state index >= 15 is 0 Å². The molecule has 0 aliphatic heterocycles. The fourth-order valence-corrected chi connectivity index (χ4v) is 10.8. The normalized spacial score (nSPS) is 12.6. The highest BCUT2D eigenvalue weighted by molar-refractivity contribution is 5.70. The second kappa shape index (κ2) is 61.4. The summed E-state index contributed by atoms with van der Waals surface area (Å²) < 4.78 is 22.8. The zero-order valence-electron chi connectivity index (χ0n) is 53.1. The quantitative estimate of drug-likeness (QED) is 0.0256. The first kappa shape index (κ1) is 76.3. The summed E-state index contributed by atoms with van der Waals surface area (Å²) in [6.45, 7) is 4.84. The number of nitrogens with zero attached hydrogens (tertiary/aromatic N) is 1. The first-order valence-corrected chi connectivity index (χ1v) is 34.7. The summed E-state index contributed by atoms with van der Waals surface area (Å²) >= 11 is 0. The number of likely N-dealkylation sites (N-methyl/N-ethyl adjacent to an activating group) is 1. The van der Waals surface area contributed by atoms with Crippen LogP contribution < -0.4 is 5.11 Å². The average molecular weight is 1110 g/mol. The van der Waals surface area contributed by atoms with Crippen LogP contribution in [-0.2, 0) is 33.3 Å². The molecule has 0 saturated heterocycles. The minimum absolute atomic E-state index is 0.154. The zero-order valence-corrected chi connectivity index (χ0v) is 53.1. The van der Waals surface area contributed by atoms with Gasteiger partial charge in [-0.15, -0.1) is 0 Å². The van der Waals surface area contributed by atoms with Gasteiger partial charge in [-0.2, -0.15) is 0 Å². The van der Waals surface area contributed by atoms with Gasteiger partial charge in [-0.25, -0.2) is 0 Å². The van der Waals surface area contributed by atoms with Crippen LogP contribution >= 0.6 is 0 Å². The molecule has 0 aliphatic carbocycles. The molecule has 0 bridgehead atoms. The summed E-state index contributed by atoms with van der Waals surface area (Å²) in [5.74, 6) is -2.25. The number of rotatable bonds is 66. The van der Waals surface area contributed by atoms with Crippen LogP contribution in [0.2, 0.25) is 0 Å². The van der Waals surface area contributed by atoms with Gasteiger partial charge in [0.15, 0.2) is 12.4 Å². The molecular formula is C69H135NO8. The van der Waals surface area contributed by atoms with Gasteiger partial charge >= 0.3 is 11.9 Å². The van der Waals surface area contributed by atoms with Gasteiger partial charge in [0.25, 0.3) is 0 Å². The smallest absolute Gasteiger partial charge is 0.306 e. The van der Waals surface area contributed by atoms with E-state index in [-0.39, 0.29) is 32.2 Å². The van der Waals surface area contributed by atoms with E-state index in [0.717, 1.165) is 38.5 Å². The van der Waals surface area contributed by atoms with Crippen molar-refractivity contribution in [3.63, 3.8) is 0 Å². The predicted octanol–water partition coefficient (Wildman–Crippen LogP) is 19.8. The molecule has 9 nitrogen and oxygen atoms in total. The summed E-state index contributed by atoms with van der Waals surface area (Å²) in [5.41, 5.74) is 0. The number of unbranched alkanes of at least 4 members (excludes halogenated alkanes) is 51. The maximum Gasteiger partial charge on any atom is 0.306 e. The third kappa shape index (κ3) is 61.9. The first-order valence-electron chi connectivity index (χ1n) is 34.7. The molecule has 78 heavy (non-hydrogen) atoms. The molecule has 0 amide bonds. The molecule has 2 atom stereocenters. The van der Waals surface area contributed by atoms with Crippen LogP contribution in [0.15, 0.2) is 0 Å². The molecule has 0 aliphatic rings. The maximum absolute atomic E-state index is 12.9. The van der Waals surface area contributed by atoms with Crippen molar-refractivity contribution >= 4 is 17.9 Å². The van der Waals surface area contributed by atoms with Crippen molar-refractivity contribution in [1.82, 2.24) is 0 Å². The SMILES string of the molecule is CCCCCCCCCCCCCCCCCCCCCCCCCCCCCCCCCCCCC(=O)OC(COC(=O)CCCCCCCCCCCCCCCCCCCCC)COC(OCC[N+](C)(C)C)C(=O)[O-]. The molecular weight excluding hydrogens is 971 g/mol. The van der Waals surface area contributed by atoms with Gasteiger partial charge in [-0.05, 0) is 12.8 Å². The summed E-state index contributed by atoms with van der Waals surface area (Å²) in [4.78, 5) is 37.4. The predicted molar refractivity (Wildman–Crippen MR) is 330 cm³/mol. The van der Waals surface area contributed by atoms with Crippen molar-refractivity contribution < 1.29 is 42.9 Å². The Morgan fingerprint density at radius 1 is 0.333 bits per heavy atom. The van der Waals surface area contributed by atoms with E-state index < -0.39 is 24.3 Å². The van der Waals surface area contributed by atoms with Crippen LogP contribution in [-0.4, -0.2) is 82.3 Å². The second-order valence-corrected chi connectivity index (χ2v) is 25.2. The third-order valence-electron chi connectivity index (χ3n) is 16.1. The van der Waals surface area contributed by atoms with E-state index in [1.165, 1.54) is 302 Å². The Morgan fingerprint density at radius 3 is 0.821 bits per heavy atom. The third-order valence-corrected chi connectivity index (χ3v) is 16.1. The van der Waals surface area contributed by atoms with Gasteiger partial charge in [-0.3, -0.25) is 9.59 Å². The molecule has 9 heteroatoms. The molecule has 0 spiro atoms. The second-order valence-electron chi connectivity index (χ2n) is 25.2. The molecule has 0 fully saturated rings.